The maximum Gasteiger partial charge on any atom is 0.191 e. The van der Waals surface area contributed by atoms with Gasteiger partial charge in [-0.05, 0) is 37.8 Å². The lowest BCUT2D eigenvalue weighted by molar-refractivity contribution is 0.0676. The smallest absolute Gasteiger partial charge is 0.191 e. The molecule has 6 nitrogen and oxygen atoms in total. The molecule has 1 aliphatic rings. The van der Waals surface area contributed by atoms with Gasteiger partial charge >= 0.3 is 0 Å². The highest BCUT2D eigenvalue weighted by Crippen LogP contribution is 2.22. The molecule has 3 rings (SSSR count). The summed E-state index contributed by atoms with van der Waals surface area (Å²) in [5.41, 5.74) is 3.44. The van der Waals surface area contributed by atoms with Crippen molar-refractivity contribution in [3.05, 3.63) is 45.4 Å². The molecule has 2 N–H and O–H groups in total. The quantitative estimate of drug-likeness (QED) is 0.484. The average Bonchev–Trinajstić information content (AvgIpc) is 3.41. The Morgan fingerprint density at radius 2 is 2.28 bits per heavy atom. The molecular formula is C22H32N4O2S. The summed E-state index contributed by atoms with van der Waals surface area (Å²) in [7, 11) is 1.79. The zero-order chi connectivity index (χ0) is 20.5. The van der Waals surface area contributed by atoms with Gasteiger partial charge in [0.2, 0.25) is 0 Å². The number of aryl methyl sites for hydroxylation is 2. The molecule has 1 saturated heterocycles. The van der Waals surface area contributed by atoms with Gasteiger partial charge in [0.1, 0.15) is 12.4 Å². The number of ether oxygens (including phenoxy) is 2. The second kappa shape index (κ2) is 11.2. The fourth-order valence-electron chi connectivity index (χ4n) is 3.24. The maximum absolute atomic E-state index is 6.09. The largest absolute Gasteiger partial charge is 0.491 e. The van der Waals surface area contributed by atoms with Gasteiger partial charge in [0.25, 0.3) is 0 Å². The summed E-state index contributed by atoms with van der Waals surface area (Å²) in [4.78, 5) is 8.94. The van der Waals surface area contributed by atoms with Crippen LogP contribution < -0.4 is 15.4 Å². The summed E-state index contributed by atoms with van der Waals surface area (Å²) in [6.07, 6.45) is 4.30. The first-order valence-electron chi connectivity index (χ1n) is 10.4. The number of aliphatic imine (C=N–C) groups is 1. The van der Waals surface area contributed by atoms with Gasteiger partial charge in [-0.15, -0.1) is 11.3 Å². The Kier molecular flexibility index (Phi) is 8.31. The lowest BCUT2D eigenvalue weighted by Crippen LogP contribution is -2.38. The summed E-state index contributed by atoms with van der Waals surface area (Å²) in [6, 6.07) is 6.32. The molecule has 1 fully saturated rings. The molecule has 0 spiro atoms. The molecule has 1 aliphatic heterocycles. The first-order valence-corrected chi connectivity index (χ1v) is 11.3. The van der Waals surface area contributed by atoms with Crippen molar-refractivity contribution in [2.75, 3.05) is 26.8 Å². The Bertz CT molecular complexity index is 800. The first-order chi connectivity index (χ1) is 14.2. The van der Waals surface area contributed by atoms with Gasteiger partial charge in [0, 0.05) is 44.1 Å². The molecule has 1 atom stereocenters. The summed E-state index contributed by atoms with van der Waals surface area (Å²) in [5, 5.41) is 10.1. The number of nitrogens with one attached hydrogen (secondary N) is 2. The van der Waals surface area contributed by atoms with Gasteiger partial charge in [-0.3, -0.25) is 4.99 Å². The number of guanidine groups is 1. The highest BCUT2D eigenvalue weighted by Gasteiger charge is 2.17. The molecule has 2 heterocycles. The van der Waals surface area contributed by atoms with Crippen LogP contribution in [0.1, 0.15) is 41.6 Å². The molecule has 2 aromatic rings. The van der Waals surface area contributed by atoms with E-state index in [9.17, 15) is 0 Å². The zero-order valence-electron chi connectivity index (χ0n) is 17.7. The van der Waals surface area contributed by atoms with Crippen molar-refractivity contribution < 1.29 is 9.47 Å². The fourth-order valence-corrected chi connectivity index (χ4v) is 4.01. The van der Waals surface area contributed by atoms with Crippen LogP contribution in [0.15, 0.2) is 28.6 Å². The molecule has 29 heavy (non-hydrogen) atoms. The zero-order valence-corrected chi connectivity index (χ0v) is 18.5. The Morgan fingerprint density at radius 3 is 3.00 bits per heavy atom. The van der Waals surface area contributed by atoms with Crippen LogP contribution in [0.4, 0.5) is 0 Å². The van der Waals surface area contributed by atoms with Crippen LogP contribution in [0.3, 0.4) is 0 Å². The van der Waals surface area contributed by atoms with Crippen molar-refractivity contribution >= 4 is 17.3 Å². The summed E-state index contributed by atoms with van der Waals surface area (Å²) < 4.78 is 11.8. The molecule has 158 valence electrons. The Hall–Kier alpha value is -2.12. The third-order valence-corrected chi connectivity index (χ3v) is 5.96. The van der Waals surface area contributed by atoms with E-state index in [2.05, 4.69) is 58.0 Å². The van der Waals surface area contributed by atoms with Crippen molar-refractivity contribution in [3.63, 3.8) is 0 Å². The Labute approximate surface area is 177 Å². The highest BCUT2D eigenvalue weighted by atomic mass is 32.1. The van der Waals surface area contributed by atoms with Crippen molar-refractivity contribution in [2.24, 2.45) is 4.99 Å². The van der Waals surface area contributed by atoms with Crippen LogP contribution in [0.5, 0.6) is 5.75 Å². The average molecular weight is 417 g/mol. The van der Waals surface area contributed by atoms with Gasteiger partial charge in [-0.25, -0.2) is 4.98 Å². The number of thiazole rings is 1. The first kappa shape index (κ1) is 21.6. The van der Waals surface area contributed by atoms with E-state index in [1.807, 2.05) is 0 Å². The molecule has 0 radical (unpaired) electrons. The second-order valence-corrected chi connectivity index (χ2v) is 8.19. The van der Waals surface area contributed by atoms with E-state index in [4.69, 9.17) is 9.47 Å². The molecule has 0 bridgehead atoms. The number of rotatable bonds is 9. The van der Waals surface area contributed by atoms with Crippen LogP contribution in [0.2, 0.25) is 0 Å². The van der Waals surface area contributed by atoms with E-state index in [0.717, 1.165) is 61.8 Å². The second-order valence-electron chi connectivity index (χ2n) is 7.25. The van der Waals surface area contributed by atoms with Crippen molar-refractivity contribution in [1.29, 1.82) is 0 Å². The number of aromatic nitrogens is 1. The van der Waals surface area contributed by atoms with Gasteiger partial charge in [0.05, 0.1) is 16.8 Å². The number of hydrogen-bond acceptors (Lipinski definition) is 5. The molecule has 0 amide bonds. The lowest BCUT2D eigenvalue weighted by Gasteiger charge is -2.17. The minimum Gasteiger partial charge on any atom is -0.491 e. The predicted octanol–water partition coefficient (Wildman–Crippen LogP) is 3.48. The molecule has 1 aromatic heterocycles. The summed E-state index contributed by atoms with van der Waals surface area (Å²) >= 11 is 1.73. The number of benzene rings is 1. The monoisotopic (exact) mass is 416 g/mol. The number of nitrogens with zero attached hydrogens (tertiary/aromatic N) is 2. The molecule has 1 unspecified atom stereocenters. The summed E-state index contributed by atoms with van der Waals surface area (Å²) in [5.74, 6) is 1.69. The van der Waals surface area contributed by atoms with Crippen LogP contribution >= 0.6 is 11.3 Å². The topological polar surface area (TPSA) is 67.8 Å². The van der Waals surface area contributed by atoms with Crippen LogP contribution in [0.25, 0.3) is 0 Å². The third kappa shape index (κ3) is 6.72. The Balaban J connectivity index is 1.49. The normalized spacial score (nSPS) is 16.8. The fraction of sp³-hybridized carbons (Fsp3) is 0.545. The van der Waals surface area contributed by atoms with Crippen molar-refractivity contribution in [1.82, 2.24) is 15.6 Å². The molecule has 7 heteroatoms. The van der Waals surface area contributed by atoms with Gasteiger partial charge in [0.15, 0.2) is 5.96 Å². The van der Waals surface area contributed by atoms with Crippen molar-refractivity contribution in [3.8, 4) is 5.75 Å². The lowest BCUT2D eigenvalue weighted by atomic mass is 10.1. The highest BCUT2D eigenvalue weighted by molar-refractivity contribution is 7.09. The van der Waals surface area contributed by atoms with Crippen LogP contribution in [-0.4, -0.2) is 43.9 Å². The van der Waals surface area contributed by atoms with Gasteiger partial charge in [-0.1, -0.05) is 19.1 Å². The molecular weight excluding hydrogens is 384 g/mol. The third-order valence-electron chi connectivity index (χ3n) is 4.92. The van der Waals surface area contributed by atoms with Gasteiger partial charge in [-0.2, -0.15) is 0 Å². The van der Waals surface area contributed by atoms with E-state index in [1.165, 1.54) is 10.6 Å². The molecule has 0 saturated carbocycles. The molecule has 0 aliphatic carbocycles. The van der Waals surface area contributed by atoms with E-state index < -0.39 is 0 Å². The van der Waals surface area contributed by atoms with Crippen molar-refractivity contribution in [2.45, 2.75) is 52.2 Å². The van der Waals surface area contributed by atoms with E-state index >= 15 is 0 Å². The minimum absolute atomic E-state index is 0.213. The van der Waals surface area contributed by atoms with E-state index in [1.54, 1.807) is 18.4 Å². The molecule has 1 aromatic carbocycles. The standard InChI is InChI=1S/C22H32N4O2S/c1-4-21-26-18(15-29-21)9-10-24-22(23-3)25-13-17-8-7-16(2)12-20(17)28-14-19-6-5-11-27-19/h7-8,12,15,19H,4-6,9-11,13-14H2,1-3H3,(H2,23,24,25). The van der Waals surface area contributed by atoms with E-state index in [-0.39, 0.29) is 6.10 Å². The minimum atomic E-state index is 0.213. The predicted molar refractivity (Wildman–Crippen MR) is 119 cm³/mol. The Morgan fingerprint density at radius 1 is 1.38 bits per heavy atom. The summed E-state index contributed by atoms with van der Waals surface area (Å²) in [6.45, 7) is 7.12. The van der Waals surface area contributed by atoms with Crippen LogP contribution in [0, 0.1) is 6.92 Å². The van der Waals surface area contributed by atoms with Gasteiger partial charge < -0.3 is 20.1 Å². The SMILES string of the molecule is CCc1nc(CCNC(=NC)NCc2ccc(C)cc2OCC2CCCO2)cs1. The maximum atomic E-state index is 6.09. The van der Waals surface area contributed by atoms with E-state index in [0.29, 0.717) is 13.2 Å². The number of hydrogen-bond donors (Lipinski definition) is 2. The van der Waals surface area contributed by atoms with Crippen LogP contribution in [-0.2, 0) is 24.1 Å².